The van der Waals surface area contributed by atoms with Crippen LogP contribution in [0.5, 0.6) is 11.6 Å². The Morgan fingerprint density at radius 3 is 2.49 bits per heavy atom. The molecule has 310 valence electrons. The smallest absolute Gasteiger partial charge is 0.405 e. The number of piperazine rings is 1. The fourth-order valence-electron chi connectivity index (χ4n) is 8.59. The summed E-state index contributed by atoms with van der Waals surface area (Å²) in [5.41, 5.74) is -0.620. The molecule has 57 heavy (non-hydrogen) atoms. The number of carbonyl (C=O) groups excluding carboxylic acids is 3. The quantitative estimate of drug-likeness (QED) is 0.285. The van der Waals surface area contributed by atoms with Gasteiger partial charge in [-0.1, -0.05) is 26.0 Å². The van der Waals surface area contributed by atoms with Crippen molar-refractivity contribution in [1.82, 2.24) is 30.1 Å². The minimum atomic E-state index is -4.01. The first-order valence-electron chi connectivity index (χ1n) is 20.0. The van der Waals surface area contributed by atoms with E-state index < -0.39 is 74.1 Å². The predicted octanol–water partition coefficient (Wildman–Crippen LogP) is 2.87. The first-order chi connectivity index (χ1) is 27.0. The molecular formula is C40H55N7O9S. The van der Waals surface area contributed by atoms with Gasteiger partial charge in [-0.15, -0.1) is 0 Å². The third kappa shape index (κ3) is 8.22. The highest BCUT2D eigenvalue weighted by atomic mass is 32.2. The Hall–Kier alpha value is -4.64. The summed E-state index contributed by atoms with van der Waals surface area (Å²) in [4.78, 5) is 65.7. The van der Waals surface area contributed by atoms with Crippen molar-refractivity contribution >= 4 is 50.3 Å². The molecule has 7 rings (SSSR count). The first kappa shape index (κ1) is 40.6. The molecule has 7 atom stereocenters. The van der Waals surface area contributed by atoms with E-state index in [2.05, 4.69) is 32.2 Å². The zero-order valence-corrected chi connectivity index (χ0v) is 34.1. The number of pyridine rings is 1. The number of aromatic nitrogens is 1. The van der Waals surface area contributed by atoms with Crippen LogP contribution in [0.2, 0.25) is 0 Å². The Labute approximate surface area is 333 Å². The number of nitrogens with zero attached hydrogens (tertiary/aromatic N) is 4. The number of benzene rings is 1. The summed E-state index contributed by atoms with van der Waals surface area (Å²) in [6, 6.07) is 3.30. The van der Waals surface area contributed by atoms with Crippen molar-refractivity contribution in [3.05, 3.63) is 36.5 Å². The number of sulfonamides is 1. The number of allylic oxidation sites excluding steroid dienone is 1. The monoisotopic (exact) mass is 809 g/mol. The normalized spacial score (nSPS) is 30.6. The molecule has 2 aliphatic carbocycles. The maximum absolute atomic E-state index is 14.6. The molecule has 3 aliphatic heterocycles. The van der Waals surface area contributed by atoms with Crippen molar-refractivity contribution in [3.63, 3.8) is 0 Å². The molecule has 1 aromatic carbocycles. The molecule has 17 heteroatoms. The van der Waals surface area contributed by atoms with Crippen molar-refractivity contribution in [2.24, 2.45) is 17.8 Å². The number of methoxy groups -OCH3 is 1. The molecule has 4 heterocycles. The molecule has 2 saturated heterocycles. The van der Waals surface area contributed by atoms with Crippen LogP contribution in [0.1, 0.15) is 65.7 Å². The highest BCUT2D eigenvalue weighted by Crippen LogP contribution is 2.48. The third-order valence-corrected chi connectivity index (χ3v) is 14.8. The van der Waals surface area contributed by atoms with Crippen LogP contribution in [0.15, 0.2) is 36.5 Å². The molecule has 0 spiro atoms. The molecule has 16 nitrogen and oxygen atoms in total. The summed E-state index contributed by atoms with van der Waals surface area (Å²) in [6.07, 6.45) is 6.43. The van der Waals surface area contributed by atoms with Crippen molar-refractivity contribution in [3.8, 4) is 11.6 Å². The number of carboxylic acid groups (broad SMARTS) is 1. The van der Waals surface area contributed by atoms with Gasteiger partial charge in [0.15, 0.2) is 0 Å². The maximum Gasteiger partial charge on any atom is 0.405 e. The van der Waals surface area contributed by atoms with E-state index in [4.69, 9.17) is 14.5 Å². The van der Waals surface area contributed by atoms with Gasteiger partial charge < -0.3 is 39.9 Å². The number of nitrogens with one attached hydrogen (secondary N) is 3. The molecule has 5 aliphatic rings. The van der Waals surface area contributed by atoms with E-state index >= 15 is 0 Å². The predicted molar refractivity (Wildman–Crippen MR) is 212 cm³/mol. The molecule has 0 radical (unpaired) electrons. The van der Waals surface area contributed by atoms with E-state index in [0.29, 0.717) is 42.7 Å². The number of rotatable bonds is 8. The van der Waals surface area contributed by atoms with Gasteiger partial charge in [0.1, 0.15) is 29.5 Å². The maximum atomic E-state index is 14.6. The van der Waals surface area contributed by atoms with Crippen LogP contribution in [0.4, 0.5) is 10.5 Å². The Morgan fingerprint density at radius 1 is 1.07 bits per heavy atom. The van der Waals surface area contributed by atoms with Gasteiger partial charge in [-0.25, -0.2) is 18.2 Å². The van der Waals surface area contributed by atoms with Crippen molar-refractivity contribution in [1.29, 1.82) is 0 Å². The van der Waals surface area contributed by atoms with Gasteiger partial charge in [-0.3, -0.25) is 19.1 Å². The second-order valence-corrected chi connectivity index (χ2v) is 19.2. The molecular weight excluding hydrogens is 755 g/mol. The first-order valence-corrected chi connectivity index (χ1v) is 21.4. The Bertz CT molecular complexity index is 2050. The summed E-state index contributed by atoms with van der Waals surface area (Å²) >= 11 is 0. The van der Waals surface area contributed by atoms with Gasteiger partial charge in [0, 0.05) is 49.3 Å². The van der Waals surface area contributed by atoms with Crippen LogP contribution >= 0.6 is 0 Å². The van der Waals surface area contributed by atoms with Crippen LogP contribution in [0.25, 0.3) is 10.8 Å². The van der Waals surface area contributed by atoms with E-state index in [1.165, 1.54) is 4.90 Å². The van der Waals surface area contributed by atoms with E-state index in [0.717, 1.165) is 43.7 Å². The number of fused-ring (bicyclic) bond motifs is 3. The fourth-order valence-corrected chi connectivity index (χ4v) is 9.90. The van der Waals surface area contributed by atoms with Crippen LogP contribution in [-0.2, 0) is 24.4 Å². The minimum Gasteiger partial charge on any atom is -0.497 e. The van der Waals surface area contributed by atoms with Crippen molar-refractivity contribution in [2.45, 2.75) is 94.2 Å². The summed E-state index contributed by atoms with van der Waals surface area (Å²) in [7, 11) is -0.321. The SMILES string of the molecule is COc1ccc2c(O[C@@H]3C[C@H]4C(=O)N[C@]5(C(=O)NS(=O)(=O)C6(C)CC6)C[C@H]5C=CCC[C@@H](C)C[C@@H](C)[C@H](NC(=O)O)C(=O)N4C3)ncc(N3CCN(C)CC3)c2c1. The highest BCUT2D eigenvalue weighted by molar-refractivity contribution is 7.91. The zero-order chi connectivity index (χ0) is 40.9. The molecule has 4 N–H and O–H groups in total. The average molecular weight is 810 g/mol. The summed E-state index contributed by atoms with van der Waals surface area (Å²) < 4.78 is 39.8. The van der Waals surface area contributed by atoms with Crippen LogP contribution < -0.4 is 29.7 Å². The third-order valence-electron chi connectivity index (χ3n) is 12.7. The van der Waals surface area contributed by atoms with E-state index in [1.807, 2.05) is 44.2 Å². The lowest BCUT2D eigenvalue weighted by molar-refractivity contribution is -0.142. The minimum absolute atomic E-state index is 0.0102. The number of likely N-dealkylation sites (N-methyl/N-ethyl adjacent to an activating group) is 1. The van der Waals surface area contributed by atoms with Gasteiger partial charge in [0.05, 0.1) is 30.3 Å². The number of hydrogen-bond donors (Lipinski definition) is 4. The second-order valence-electron chi connectivity index (χ2n) is 17.0. The average Bonchev–Trinajstić information content (AvgIpc) is 4.05. The van der Waals surface area contributed by atoms with E-state index in [9.17, 15) is 32.7 Å². The highest BCUT2D eigenvalue weighted by Gasteiger charge is 2.63. The van der Waals surface area contributed by atoms with Gasteiger partial charge in [-0.05, 0) is 82.5 Å². The van der Waals surface area contributed by atoms with Gasteiger partial charge in [0.2, 0.25) is 27.7 Å². The lowest BCUT2D eigenvalue weighted by Crippen LogP contribution is -2.59. The molecule has 4 fully saturated rings. The van der Waals surface area contributed by atoms with E-state index in [-0.39, 0.29) is 25.3 Å². The van der Waals surface area contributed by atoms with Gasteiger partial charge in [0.25, 0.3) is 5.91 Å². The van der Waals surface area contributed by atoms with Gasteiger partial charge in [-0.2, -0.15) is 0 Å². The van der Waals surface area contributed by atoms with Gasteiger partial charge >= 0.3 is 6.09 Å². The number of ether oxygens (including phenoxy) is 2. The molecule has 2 aromatic rings. The molecule has 1 aromatic heterocycles. The molecule has 0 bridgehead atoms. The molecule has 2 saturated carbocycles. The number of amides is 4. The lowest BCUT2D eigenvalue weighted by atomic mass is 9.88. The Balaban J connectivity index is 1.22. The Morgan fingerprint density at radius 2 is 1.81 bits per heavy atom. The number of carbonyl (C=O) groups is 4. The summed E-state index contributed by atoms with van der Waals surface area (Å²) in [6.45, 7) is 8.79. The largest absolute Gasteiger partial charge is 0.497 e. The van der Waals surface area contributed by atoms with Crippen LogP contribution in [0, 0.1) is 17.8 Å². The van der Waals surface area contributed by atoms with Crippen molar-refractivity contribution in [2.75, 3.05) is 51.8 Å². The Kier molecular flexibility index (Phi) is 11.1. The molecule has 0 unspecified atom stereocenters. The number of anilines is 1. The second kappa shape index (κ2) is 15.6. The molecule has 4 amide bonds. The van der Waals surface area contributed by atoms with Crippen LogP contribution in [0.3, 0.4) is 0 Å². The summed E-state index contributed by atoms with van der Waals surface area (Å²) in [5.74, 6) is -1.85. The zero-order valence-electron chi connectivity index (χ0n) is 33.3. The number of hydrogen-bond acceptors (Lipinski definition) is 11. The standard InChI is InChI=1S/C40H55N7O9S/c1-24-8-6-7-9-26-21-40(26,37(50)44-57(53,54)39(3)12-13-39)43-34(48)31-20-28(23-47(31)36(49)33(25(2)18-24)42-38(51)52)56-35-29-11-10-27(55-5)19-30(29)32(22-41-35)46-16-14-45(4)15-17-46/h7,9-11,19,22,24-26,28,31,33,42H,6,8,12-18,20-21,23H2,1-5H3,(H,43,48)(H,44,50)(H,51,52)/t24-,25-,26-,28-,31+,33+,40-/m1/s1. The summed E-state index contributed by atoms with van der Waals surface area (Å²) in [5, 5.41) is 16.8. The van der Waals surface area contributed by atoms with Crippen molar-refractivity contribution < 1.29 is 42.2 Å². The topological polar surface area (TPSA) is 200 Å². The fraction of sp³-hybridized carbons (Fsp3) is 0.625. The van der Waals surface area contributed by atoms with E-state index in [1.54, 1.807) is 20.2 Å². The lowest BCUT2D eigenvalue weighted by Gasteiger charge is -2.34. The van der Waals surface area contributed by atoms with Crippen LogP contribution in [-0.4, -0.2) is 127 Å².